The number of nitrogens with zero attached hydrogens (tertiary/aromatic N) is 1. The van der Waals surface area contributed by atoms with Crippen molar-refractivity contribution in [2.75, 3.05) is 19.6 Å². The molecule has 2 N–H and O–H groups in total. The lowest BCUT2D eigenvalue weighted by Gasteiger charge is -2.16. The van der Waals surface area contributed by atoms with Crippen molar-refractivity contribution in [1.29, 1.82) is 0 Å². The van der Waals surface area contributed by atoms with Crippen LogP contribution in [0.3, 0.4) is 0 Å². The average molecular weight is 296 g/mol. The van der Waals surface area contributed by atoms with Gasteiger partial charge in [0.1, 0.15) is 12.4 Å². The Labute approximate surface area is 132 Å². The molecule has 116 valence electrons. The maximum Gasteiger partial charge on any atom is 0.120 e. The number of benzene rings is 2. The van der Waals surface area contributed by atoms with Crippen LogP contribution in [-0.2, 0) is 13.2 Å². The van der Waals surface area contributed by atoms with Crippen LogP contribution < -0.4 is 10.5 Å². The van der Waals surface area contributed by atoms with Crippen LogP contribution >= 0.6 is 0 Å². The van der Waals surface area contributed by atoms with Crippen LogP contribution in [0.4, 0.5) is 0 Å². The number of hydrogen-bond acceptors (Lipinski definition) is 3. The van der Waals surface area contributed by atoms with Crippen LogP contribution in [-0.4, -0.2) is 24.5 Å². The molecule has 1 atom stereocenters. The zero-order valence-corrected chi connectivity index (χ0v) is 12.9. The van der Waals surface area contributed by atoms with Crippen LogP contribution in [0.25, 0.3) is 0 Å². The van der Waals surface area contributed by atoms with Crippen molar-refractivity contribution in [2.45, 2.75) is 19.6 Å². The Morgan fingerprint density at radius 3 is 2.64 bits per heavy atom. The van der Waals surface area contributed by atoms with Crippen molar-refractivity contribution in [3.05, 3.63) is 65.7 Å². The summed E-state index contributed by atoms with van der Waals surface area (Å²) in [7, 11) is 0. The van der Waals surface area contributed by atoms with E-state index in [0.29, 0.717) is 12.5 Å². The molecule has 1 saturated heterocycles. The van der Waals surface area contributed by atoms with Gasteiger partial charge in [-0.05, 0) is 48.7 Å². The summed E-state index contributed by atoms with van der Waals surface area (Å²) >= 11 is 0. The maximum atomic E-state index is 5.90. The molecule has 1 aliphatic heterocycles. The Bertz CT molecular complexity index is 585. The molecule has 2 aromatic rings. The first-order chi connectivity index (χ1) is 10.8. The van der Waals surface area contributed by atoms with Gasteiger partial charge in [0.15, 0.2) is 0 Å². The van der Waals surface area contributed by atoms with Crippen molar-refractivity contribution < 1.29 is 4.74 Å². The van der Waals surface area contributed by atoms with Gasteiger partial charge in [-0.2, -0.15) is 0 Å². The summed E-state index contributed by atoms with van der Waals surface area (Å²) in [6.07, 6.45) is 1.22. The molecule has 1 fully saturated rings. The molecule has 0 bridgehead atoms. The largest absolute Gasteiger partial charge is 0.489 e. The van der Waals surface area contributed by atoms with E-state index in [2.05, 4.69) is 35.2 Å². The maximum absolute atomic E-state index is 5.90. The Kier molecular flexibility index (Phi) is 5.09. The number of hydrogen-bond donors (Lipinski definition) is 1. The third kappa shape index (κ3) is 4.09. The Hall–Kier alpha value is -1.84. The van der Waals surface area contributed by atoms with Gasteiger partial charge in [-0.25, -0.2) is 0 Å². The van der Waals surface area contributed by atoms with Gasteiger partial charge in [-0.3, -0.25) is 4.90 Å². The van der Waals surface area contributed by atoms with Gasteiger partial charge >= 0.3 is 0 Å². The fourth-order valence-corrected chi connectivity index (χ4v) is 2.98. The molecule has 22 heavy (non-hydrogen) atoms. The summed E-state index contributed by atoms with van der Waals surface area (Å²) in [5.74, 6) is 1.61. The van der Waals surface area contributed by atoms with E-state index in [1.165, 1.54) is 17.5 Å². The first kappa shape index (κ1) is 15.1. The molecule has 1 heterocycles. The van der Waals surface area contributed by atoms with Gasteiger partial charge in [0.2, 0.25) is 0 Å². The third-order valence-corrected chi connectivity index (χ3v) is 4.26. The van der Waals surface area contributed by atoms with E-state index in [1.807, 2.05) is 24.3 Å². The quantitative estimate of drug-likeness (QED) is 0.890. The SMILES string of the molecule is NCC1CCN(Cc2cccc(OCc3ccccc3)c2)C1. The molecular weight excluding hydrogens is 272 g/mol. The van der Waals surface area contributed by atoms with Gasteiger partial charge in [0.05, 0.1) is 0 Å². The first-order valence-electron chi connectivity index (χ1n) is 8.01. The predicted molar refractivity (Wildman–Crippen MR) is 89.7 cm³/mol. The summed E-state index contributed by atoms with van der Waals surface area (Å²) in [6, 6.07) is 18.7. The van der Waals surface area contributed by atoms with E-state index in [0.717, 1.165) is 31.9 Å². The fourth-order valence-electron chi connectivity index (χ4n) is 2.98. The molecule has 0 amide bonds. The number of ether oxygens (including phenoxy) is 1. The molecule has 0 radical (unpaired) electrons. The van der Waals surface area contributed by atoms with Crippen molar-refractivity contribution in [2.24, 2.45) is 11.7 Å². The number of likely N-dealkylation sites (tertiary alicyclic amines) is 1. The van der Waals surface area contributed by atoms with Crippen molar-refractivity contribution in [3.63, 3.8) is 0 Å². The lowest BCUT2D eigenvalue weighted by molar-refractivity contribution is 0.301. The topological polar surface area (TPSA) is 38.5 Å². The fraction of sp³-hybridized carbons (Fsp3) is 0.368. The minimum absolute atomic E-state index is 0.614. The lowest BCUT2D eigenvalue weighted by Crippen LogP contribution is -2.22. The molecular formula is C19H24N2O. The molecule has 0 spiro atoms. The second kappa shape index (κ2) is 7.43. The van der Waals surface area contributed by atoms with Crippen LogP contribution in [0.1, 0.15) is 17.5 Å². The highest BCUT2D eigenvalue weighted by Gasteiger charge is 2.20. The third-order valence-electron chi connectivity index (χ3n) is 4.26. The van der Waals surface area contributed by atoms with Crippen LogP contribution in [0, 0.1) is 5.92 Å². The predicted octanol–water partition coefficient (Wildman–Crippen LogP) is 3.05. The molecule has 1 unspecified atom stereocenters. The first-order valence-corrected chi connectivity index (χ1v) is 8.01. The average Bonchev–Trinajstić information content (AvgIpc) is 3.02. The highest BCUT2D eigenvalue weighted by atomic mass is 16.5. The summed E-state index contributed by atoms with van der Waals surface area (Å²) in [5, 5.41) is 0. The standard InChI is InChI=1S/C19H24N2O/c20-12-18-9-10-21(14-18)13-17-7-4-8-19(11-17)22-15-16-5-2-1-3-6-16/h1-8,11,18H,9-10,12-15,20H2. The minimum Gasteiger partial charge on any atom is -0.489 e. The zero-order valence-electron chi connectivity index (χ0n) is 12.9. The molecule has 3 rings (SSSR count). The molecule has 3 heteroatoms. The summed E-state index contributed by atoms with van der Waals surface area (Å²) < 4.78 is 5.90. The van der Waals surface area contributed by atoms with Gasteiger partial charge in [-0.15, -0.1) is 0 Å². The van der Waals surface area contributed by atoms with E-state index in [4.69, 9.17) is 10.5 Å². The Morgan fingerprint density at radius 1 is 1.05 bits per heavy atom. The van der Waals surface area contributed by atoms with Crippen molar-refractivity contribution in [3.8, 4) is 5.75 Å². The van der Waals surface area contributed by atoms with Crippen LogP contribution in [0.2, 0.25) is 0 Å². The highest BCUT2D eigenvalue weighted by Crippen LogP contribution is 2.20. The summed E-state index contributed by atoms with van der Waals surface area (Å²) in [6.45, 7) is 4.67. The van der Waals surface area contributed by atoms with Crippen LogP contribution in [0.5, 0.6) is 5.75 Å². The second-order valence-corrected chi connectivity index (χ2v) is 6.05. The normalized spacial score (nSPS) is 18.5. The molecule has 0 aliphatic carbocycles. The van der Waals surface area contributed by atoms with Gasteiger partial charge in [-0.1, -0.05) is 42.5 Å². The molecule has 0 aromatic heterocycles. The minimum atomic E-state index is 0.614. The molecule has 1 aliphatic rings. The molecule has 3 nitrogen and oxygen atoms in total. The van der Waals surface area contributed by atoms with E-state index < -0.39 is 0 Å². The monoisotopic (exact) mass is 296 g/mol. The Morgan fingerprint density at radius 2 is 1.86 bits per heavy atom. The smallest absolute Gasteiger partial charge is 0.120 e. The van der Waals surface area contributed by atoms with Gasteiger partial charge in [0, 0.05) is 13.1 Å². The van der Waals surface area contributed by atoms with Gasteiger partial charge < -0.3 is 10.5 Å². The van der Waals surface area contributed by atoms with E-state index in [1.54, 1.807) is 0 Å². The van der Waals surface area contributed by atoms with E-state index in [9.17, 15) is 0 Å². The Balaban J connectivity index is 1.56. The van der Waals surface area contributed by atoms with Crippen LogP contribution in [0.15, 0.2) is 54.6 Å². The van der Waals surface area contributed by atoms with Gasteiger partial charge in [0.25, 0.3) is 0 Å². The summed E-state index contributed by atoms with van der Waals surface area (Å²) in [4.78, 5) is 2.48. The van der Waals surface area contributed by atoms with Crippen molar-refractivity contribution >= 4 is 0 Å². The van der Waals surface area contributed by atoms with Crippen molar-refractivity contribution in [1.82, 2.24) is 4.90 Å². The number of rotatable bonds is 6. The second-order valence-electron chi connectivity index (χ2n) is 6.05. The van der Waals surface area contributed by atoms with E-state index in [-0.39, 0.29) is 0 Å². The highest BCUT2D eigenvalue weighted by molar-refractivity contribution is 5.29. The lowest BCUT2D eigenvalue weighted by atomic mass is 10.1. The number of nitrogens with two attached hydrogens (primary N) is 1. The molecule has 2 aromatic carbocycles. The van der Waals surface area contributed by atoms with E-state index >= 15 is 0 Å². The zero-order chi connectivity index (χ0) is 15.2. The summed E-state index contributed by atoms with van der Waals surface area (Å²) in [5.41, 5.74) is 8.26. The molecule has 0 saturated carbocycles.